The summed E-state index contributed by atoms with van der Waals surface area (Å²) in [7, 11) is 0. The lowest BCUT2D eigenvalue weighted by molar-refractivity contribution is -0.134. The number of likely N-dealkylation sites (tertiary alicyclic amines) is 2. The van der Waals surface area contributed by atoms with Crippen molar-refractivity contribution in [3.05, 3.63) is 41.0 Å². The molecule has 2 saturated heterocycles. The minimum Gasteiger partial charge on any atom is -0.342 e. The summed E-state index contributed by atoms with van der Waals surface area (Å²) in [6.45, 7) is 8.01. The van der Waals surface area contributed by atoms with Crippen molar-refractivity contribution in [1.82, 2.24) is 9.80 Å². The van der Waals surface area contributed by atoms with Crippen molar-refractivity contribution in [3.8, 4) is 0 Å². The molecular weight excluding hydrogens is 356 g/mol. The van der Waals surface area contributed by atoms with Gasteiger partial charge in [-0.1, -0.05) is 42.7 Å². The standard InChI is InChI=1S/C26H36N2O/c1-19-16-23-17-28(26(29)22-6-2-3-7-22)18-24(23)25(19)21-10-8-20(9-11-21)12-15-27-13-4-5-14-27/h8-11,22-24H,2-7,12-18H2,1H3. The average Bonchev–Trinajstić information content (AvgIpc) is 3.50. The fourth-order valence-corrected chi connectivity index (χ4v) is 6.44. The second-order valence-corrected chi connectivity index (χ2v) is 9.98. The van der Waals surface area contributed by atoms with Crippen LogP contribution in [0.25, 0.3) is 5.57 Å². The molecule has 2 aliphatic heterocycles. The van der Waals surface area contributed by atoms with Crippen LogP contribution in [0.2, 0.25) is 0 Å². The van der Waals surface area contributed by atoms with Crippen LogP contribution in [0.5, 0.6) is 0 Å². The van der Waals surface area contributed by atoms with Gasteiger partial charge in [-0.15, -0.1) is 0 Å². The molecule has 1 aromatic carbocycles. The normalized spacial score (nSPS) is 28.0. The number of benzene rings is 1. The molecule has 3 fully saturated rings. The van der Waals surface area contributed by atoms with Gasteiger partial charge in [0.05, 0.1) is 0 Å². The van der Waals surface area contributed by atoms with Crippen LogP contribution in [-0.2, 0) is 11.2 Å². The Morgan fingerprint density at radius 2 is 1.72 bits per heavy atom. The van der Waals surface area contributed by atoms with Gasteiger partial charge in [-0.25, -0.2) is 0 Å². The highest BCUT2D eigenvalue weighted by atomic mass is 16.2. The average molecular weight is 393 g/mol. The first-order chi connectivity index (χ1) is 14.2. The van der Waals surface area contributed by atoms with Gasteiger partial charge >= 0.3 is 0 Å². The van der Waals surface area contributed by atoms with E-state index in [0.717, 1.165) is 32.4 Å². The maximum absolute atomic E-state index is 12.9. The lowest BCUT2D eigenvalue weighted by Crippen LogP contribution is -2.34. The lowest BCUT2D eigenvalue weighted by Gasteiger charge is -2.22. The summed E-state index contributed by atoms with van der Waals surface area (Å²) < 4.78 is 0. The van der Waals surface area contributed by atoms with E-state index in [1.54, 1.807) is 11.1 Å². The fourth-order valence-electron chi connectivity index (χ4n) is 6.44. The first kappa shape index (κ1) is 19.4. The minimum atomic E-state index is 0.317. The SMILES string of the molecule is CC1=C(c2ccc(CCN3CCCC3)cc2)C2CN(C(=O)C3CCCC3)CC2C1. The molecule has 29 heavy (non-hydrogen) atoms. The number of fused-ring (bicyclic) bond motifs is 1. The van der Waals surface area contributed by atoms with E-state index in [9.17, 15) is 4.79 Å². The minimum absolute atomic E-state index is 0.317. The van der Waals surface area contributed by atoms with Gasteiger partial charge in [0.25, 0.3) is 0 Å². The Balaban J connectivity index is 1.24. The summed E-state index contributed by atoms with van der Waals surface area (Å²) >= 11 is 0. The monoisotopic (exact) mass is 392 g/mol. The quantitative estimate of drug-likeness (QED) is 0.721. The number of hydrogen-bond donors (Lipinski definition) is 0. The van der Waals surface area contributed by atoms with Crippen molar-refractivity contribution < 1.29 is 4.79 Å². The molecule has 2 heterocycles. The van der Waals surface area contributed by atoms with Gasteiger partial charge in [0.2, 0.25) is 5.91 Å². The molecule has 0 aromatic heterocycles. The first-order valence-electron chi connectivity index (χ1n) is 12.0. The zero-order valence-corrected chi connectivity index (χ0v) is 18.0. The van der Waals surface area contributed by atoms with Crippen LogP contribution >= 0.6 is 0 Å². The van der Waals surface area contributed by atoms with Crippen LogP contribution in [0.4, 0.5) is 0 Å². The van der Waals surface area contributed by atoms with E-state index >= 15 is 0 Å². The van der Waals surface area contributed by atoms with Crippen molar-refractivity contribution in [2.24, 2.45) is 17.8 Å². The highest BCUT2D eigenvalue weighted by Crippen LogP contribution is 2.47. The molecule has 3 heteroatoms. The summed E-state index contributed by atoms with van der Waals surface area (Å²) in [6.07, 6.45) is 9.79. The highest BCUT2D eigenvalue weighted by molar-refractivity contribution is 5.81. The third kappa shape index (κ3) is 3.91. The van der Waals surface area contributed by atoms with E-state index in [1.807, 2.05) is 0 Å². The van der Waals surface area contributed by atoms with Gasteiger partial charge in [-0.3, -0.25) is 4.79 Å². The number of amides is 1. The van der Waals surface area contributed by atoms with Crippen LogP contribution in [0.1, 0.15) is 63.0 Å². The topological polar surface area (TPSA) is 23.6 Å². The molecule has 1 aromatic rings. The zero-order chi connectivity index (χ0) is 19.8. The molecular formula is C26H36N2O. The van der Waals surface area contributed by atoms with Crippen LogP contribution in [0, 0.1) is 17.8 Å². The van der Waals surface area contributed by atoms with Gasteiger partial charge in [0.15, 0.2) is 0 Å². The lowest BCUT2D eigenvalue weighted by atomic mass is 9.90. The predicted molar refractivity (Wildman–Crippen MR) is 119 cm³/mol. The van der Waals surface area contributed by atoms with E-state index in [1.165, 1.54) is 62.9 Å². The van der Waals surface area contributed by atoms with Crippen molar-refractivity contribution in [3.63, 3.8) is 0 Å². The number of carbonyl (C=O) groups excluding carboxylic acids is 1. The fraction of sp³-hybridized carbons (Fsp3) is 0.654. The van der Waals surface area contributed by atoms with Crippen molar-refractivity contribution in [2.75, 3.05) is 32.7 Å². The Kier molecular flexibility index (Phi) is 5.51. The molecule has 1 amide bonds. The summed E-state index contributed by atoms with van der Waals surface area (Å²) in [5.74, 6) is 1.96. The molecule has 0 radical (unpaired) electrons. The number of nitrogens with zero attached hydrogens (tertiary/aromatic N) is 2. The van der Waals surface area contributed by atoms with E-state index in [4.69, 9.17) is 0 Å². The molecule has 2 unspecified atom stereocenters. The van der Waals surface area contributed by atoms with E-state index in [2.05, 4.69) is 41.0 Å². The largest absolute Gasteiger partial charge is 0.342 e. The summed E-state index contributed by atoms with van der Waals surface area (Å²) in [5, 5.41) is 0. The van der Waals surface area contributed by atoms with Gasteiger partial charge in [-0.2, -0.15) is 0 Å². The third-order valence-electron chi connectivity index (χ3n) is 8.04. The van der Waals surface area contributed by atoms with E-state index in [-0.39, 0.29) is 0 Å². The van der Waals surface area contributed by atoms with E-state index < -0.39 is 0 Å². The van der Waals surface area contributed by atoms with Crippen LogP contribution in [0.15, 0.2) is 29.8 Å². The third-order valence-corrected chi connectivity index (χ3v) is 8.04. The smallest absolute Gasteiger partial charge is 0.225 e. The molecule has 5 rings (SSSR count). The molecule has 3 nitrogen and oxygen atoms in total. The van der Waals surface area contributed by atoms with Crippen molar-refractivity contribution in [1.29, 1.82) is 0 Å². The van der Waals surface area contributed by atoms with Crippen LogP contribution < -0.4 is 0 Å². The summed E-state index contributed by atoms with van der Waals surface area (Å²) in [6, 6.07) is 9.38. The van der Waals surface area contributed by atoms with Gasteiger partial charge < -0.3 is 9.80 Å². The van der Waals surface area contributed by atoms with Crippen LogP contribution in [-0.4, -0.2) is 48.4 Å². The summed E-state index contributed by atoms with van der Waals surface area (Å²) in [4.78, 5) is 17.7. The van der Waals surface area contributed by atoms with Gasteiger partial charge in [-0.05, 0) is 81.2 Å². The maximum atomic E-state index is 12.9. The number of carbonyl (C=O) groups is 1. The molecule has 4 aliphatic rings. The maximum Gasteiger partial charge on any atom is 0.225 e. The molecule has 0 N–H and O–H groups in total. The van der Waals surface area contributed by atoms with Gasteiger partial charge in [0.1, 0.15) is 0 Å². The zero-order valence-electron chi connectivity index (χ0n) is 18.0. The number of hydrogen-bond acceptors (Lipinski definition) is 2. The Morgan fingerprint density at radius 3 is 2.45 bits per heavy atom. The highest BCUT2D eigenvalue weighted by Gasteiger charge is 2.43. The molecule has 2 atom stereocenters. The summed E-state index contributed by atoms with van der Waals surface area (Å²) in [5.41, 5.74) is 5.95. The molecule has 0 bridgehead atoms. The van der Waals surface area contributed by atoms with Crippen LogP contribution in [0.3, 0.4) is 0 Å². The second-order valence-electron chi connectivity index (χ2n) is 9.98. The van der Waals surface area contributed by atoms with Crippen molar-refractivity contribution in [2.45, 2.75) is 58.3 Å². The van der Waals surface area contributed by atoms with Gasteiger partial charge in [0, 0.05) is 31.5 Å². The Bertz CT molecular complexity index is 768. The van der Waals surface area contributed by atoms with Crippen molar-refractivity contribution >= 4 is 11.5 Å². The van der Waals surface area contributed by atoms with E-state index in [0.29, 0.717) is 23.7 Å². The number of allylic oxidation sites excluding steroid dienone is 1. The predicted octanol–water partition coefficient (Wildman–Crippen LogP) is 4.77. The molecule has 156 valence electrons. The Hall–Kier alpha value is -1.61. The molecule has 0 spiro atoms. The first-order valence-corrected chi connectivity index (χ1v) is 12.0. The Morgan fingerprint density at radius 1 is 1.00 bits per heavy atom. The second kappa shape index (κ2) is 8.26. The molecule has 1 saturated carbocycles. The molecule has 2 aliphatic carbocycles. The Labute approximate surface area is 176 Å². The number of rotatable bonds is 5.